The van der Waals surface area contributed by atoms with Crippen LogP contribution in [0.25, 0.3) is 0 Å². The highest BCUT2D eigenvalue weighted by molar-refractivity contribution is 9.10. The molecular weight excluding hydrogens is 296 g/mol. The van der Waals surface area contributed by atoms with Crippen molar-refractivity contribution in [1.82, 2.24) is 0 Å². The summed E-state index contributed by atoms with van der Waals surface area (Å²) >= 11 is 3.22. The Kier molecular flexibility index (Phi) is 2.86. The van der Waals surface area contributed by atoms with E-state index in [-0.39, 0.29) is 22.6 Å². The van der Waals surface area contributed by atoms with Crippen LogP contribution in [0.1, 0.15) is 12.0 Å². The molecular formula is C10H11BrO4S. The molecule has 0 amide bonds. The summed E-state index contributed by atoms with van der Waals surface area (Å²) in [6.45, 7) is -0.480. The number of benzene rings is 1. The summed E-state index contributed by atoms with van der Waals surface area (Å²) in [7, 11) is -3.33. The predicted molar refractivity (Wildman–Crippen MR) is 61.8 cm³/mol. The van der Waals surface area contributed by atoms with Gasteiger partial charge < -0.3 is 10.2 Å². The quantitative estimate of drug-likeness (QED) is 0.805. The van der Waals surface area contributed by atoms with Crippen molar-refractivity contribution in [3.63, 3.8) is 0 Å². The monoisotopic (exact) mass is 306 g/mol. The number of rotatable bonds is 1. The maximum atomic E-state index is 11.8. The van der Waals surface area contributed by atoms with Crippen molar-refractivity contribution >= 4 is 25.8 Å². The lowest BCUT2D eigenvalue weighted by Gasteiger charge is -2.32. The average molecular weight is 307 g/mol. The second kappa shape index (κ2) is 3.80. The minimum atomic E-state index is -3.33. The number of aliphatic hydroxyl groups excluding tert-OH is 1. The van der Waals surface area contributed by atoms with E-state index in [2.05, 4.69) is 15.9 Å². The van der Waals surface area contributed by atoms with Crippen LogP contribution < -0.4 is 0 Å². The fraction of sp³-hybridized carbons (Fsp3) is 0.400. The van der Waals surface area contributed by atoms with E-state index < -0.39 is 22.0 Å². The maximum Gasteiger partial charge on any atom is 0.178 e. The molecule has 0 saturated carbocycles. The van der Waals surface area contributed by atoms with Gasteiger partial charge in [-0.25, -0.2) is 8.42 Å². The van der Waals surface area contributed by atoms with Crippen LogP contribution in [-0.4, -0.2) is 31.0 Å². The maximum absolute atomic E-state index is 11.8. The first-order valence-corrected chi connectivity index (χ1v) is 7.20. The minimum absolute atomic E-state index is 0.0231. The SMILES string of the molecule is O=S1(=O)CC[C@@](O)(CO)c2cc(Br)ccc21. The standard InChI is InChI=1S/C10H11BrO4S/c11-7-1-2-9-8(5-7)10(13,6-12)3-4-16(9,14)15/h1-2,5,12-13H,3-4,6H2/t10-/m1/s1. The van der Waals surface area contributed by atoms with Crippen LogP contribution in [0.2, 0.25) is 0 Å². The van der Waals surface area contributed by atoms with Crippen LogP contribution in [0.5, 0.6) is 0 Å². The third-order valence-electron chi connectivity index (χ3n) is 2.82. The first-order valence-electron chi connectivity index (χ1n) is 4.75. The van der Waals surface area contributed by atoms with Crippen molar-refractivity contribution in [1.29, 1.82) is 0 Å². The van der Waals surface area contributed by atoms with Gasteiger partial charge in [-0.3, -0.25) is 0 Å². The molecule has 16 heavy (non-hydrogen) atoms. The molecule has 0 aromatic heterocycles. The Morgan fingerprint density at radius 2 is 2.12 bits per heavy atom. The van der Waals surface area contributed by atoms with Gasteiger partial charge in [0.2, 0.25) is 0 Å². The molecule has 6 heteroatoms. The Morgan fingerprint density at radius 1 is 1.44 bits per heavy atom. The van der Waals surface area contributed by atoms with Crippen molar-refractivity contribution < 1.29 is 18.6 Å². The summed E-state index contributed by atoms with van der Waals surface area (Å²) in [5.74, 6) is -0.140. The highest BCUT2D eigenvalue weighted by Crippen LogP contribution is 2.37. The fourth-order valence-corrected chi connectivity index (χ4v) is 3.90. The van der Waals surface area contributed by atoms with Crippen LogP contribution in [0.4, 0.5) is 0 Å². The first kappa shape index (κ1) is 12.0. The highest BCUT2D eigenvalue weighted by Gasteiger charge is 2.40. The van der Waals surface area contributed by atoms with Gasteiger partial charge in [0.05, 0.1) is 17.3 Å². The van der Waals surface area contributed by atoms with Gasteiger partial charge in [0.1, 0.15) is 5.60 Å². The van der Waals surface area contributed by atoms with Gasteiger partial charge in [0, 0.05) is 10.0 Å². The molecule has 1 aromatic carbocycles. The molecule has 1 aromatic rings. The van der Waals surface area contributed by atoms with Crippen molar-refractivity contribution in [3.8, 4) is 0 Å². The summed E-state index contributed by atoms with van der Waals surface area (Å²) in [5, 5.41) is 19.4. The second-order valence-corrected chi connectivity index (χ2v) is 6.89. The Balaban J connectivity index is 2.73. The molecule has 0 bridgehead atoms. The van der Waals surface area contributed by atoms with E-state index in [1.165, 1.54) is 6.07 Å². The minimum Gasteiger partial charge on any atom is -0.393 e. The van der Waals surface area contributed by atoms with E-state index in [1.54, 1.807) is 12.1 Å². The topological polar surface area (TPSA) is 74.6 Å². The van der Waals surface area contributed by atoms with Crippen LogP contribution in [0.15, 0.2) is 27.6 Å². The molecule has 0 spiro atoms. The smallest absolute Gasteiger partial charge is 0.178 e. The summed E-state index contributed by atoms with van der Waals surface area (Å²) < 4.78 is 24.2. The van der Waals surface area contributed by atoms with Crippen LogP contribution in [0.3, 0.4) is 0 Å². The van der Waals surface area contributed by atoms with Gasteiger partial charge in [0.15, 0.2) is 9.84 Å². The highest BCUT2D eigenvalue weighted by atomic mass is 79.9. The molecule has 2 N–H and O–H groups in total. The molecule has 88 valence electrons. The first-order chi connectivity index (χ1) is 7.39. The normalized spacial score (nSPS) is 27.4. The summed E-state index contributed by atoms with van der Waals surface area (Å²) in [5.41, 5.74) is -1.18. The van der Waals surface area contributed by atoms with Gasteiger partial charge >= 0.3 is 0 Å². The Bertz CT molecular complexity index is 526. The molecule has 0 aliphatic carbocycles. The van der Waals surface area contributed by atoms with E-state index in [0.29, 0.717) is 4.47 Å². The van der Waals surface area contributed by atoms with E-state index in [1.807, 2.05) is 0 Å². The van der Waals surface area contributed by atoms with E-state index in [9.17, 15) is 18.6 Å². The zero-order valence-electron chi connectivity index (χ0n) is 8.35. The third-order valence-corrected chi connectivity index (χ3v) is 5.08. The lowest BCUT2D eigenvalue weighted by Crippen LogP contribution is -2.38. The van der Waals surface area contributed by atoms with Crippen LogP contribution in [-0.2, 0) is 15.4 Å². The molecule has 1 aliphatic rings. The number of hydrogen-bond donors (Lipinski definition) is 2. The van der Waals surface area contributed by atoms with E-state index in [4.69, 9.17) is 0 Å². The molecule has 1 atom stereocenters. The summed E-state index contributed by atoms with van der Waals surface area (Å²) in [4.78, 5) is 0.110. The van der Waals surface area contributed by atoms with Crippen LogP contribution in [0, 0.1) is 0 Å². The lowest BCUT2D eigenvalue weighted by molar-refractivity contribution is -0.0256. The fourth-order valence-electron chi connectivity index (χ4n) is 1.85. The number of fused-ring (bicyclic) bond motifs is 1. The van der Waals surface area contributed by atoms with Crippen molar-refractivity contribution in [2.24, 2.45) is 0 Å². The van der Waals surface area contributed by atoms with E-state index >= 15 is 0 Å². The second-order valence-electron chi connectivity index (χ2n) is 3.90. The molecule has 2 rings (SSSR count). The third kappa shape index (κ3) is 1.79. The molecule has 4 nitrogen and oxygen atoms in total. The molecule has 1 aliphatic heterocycles. The number of hydrogen-bond acceptors (Lipinski definition) is 4. The molecule has 0 fully saturated rings. The van der Waals surface area contributed by atoms with Crippen LogP contribution >= 0.6 is 15.9 Å². The number of halogens is 1. The predicted octanol–water partition coefficient (Wildman–Crippen LogP) is 0.806. The Labute approximate surface area is 102 Å². The number of aliphatic hydroxyl groups is 2. The Hall–Kier alpha value is -0.430. The van der Waals surface area contributed by atoms with Gasteiger partial charge in [-0.2, -0.15) is 0 Å². The van der Waals surface area contributed by atoms with E-state index in [0.717, 1.165) is 0 Å². The summed E-state index contributed by atoms with van der Waals surface area (Å²) in [6.07, 6.45) is 0.0231. The van der Waals surface area contributed by atoms with Crippen molar-refractivity contribution in [3.05, 3.63) is 28.2 Å². The van der Waals surface area contributed by atoms with Gasteiger partial charge in [0.25, 0.3) is 0 Å². The molecule has 0 saturated heterocycles. The van der Waals surface area contributed by atoms with Gasteiger partial charge in [-0.1, -0.05) is 15.9 Å². The molecule has 1 heterocycles. The van der Waals surface area contributed by atoms with Crippen molar-refractivity contribution in [2.45, 2.75) is 16.9 Å². The van der Waals surface area contributed by atoms with Crippen molar-refractivity contribution in [2.75, 3.05) is 12.4 Å². The average Bonchev–Trinajstić information content (AvgIpc) is 2.24. The number of sulfone groups is 1. The zero-order chi connectivity index (χ0) is 12.0. The molecule has 0 unspecified atom stereocenters. The largest absolute Gasteiger partial charge is 0.393 e. The van der Waals surface area contributed by atoms with Gasteiger partial charge in [-0.15, -0.1) is 0 Å². The zero-order valence-corrected chi connectivity index (χ0v) is 10.8. The Morgan fingerprint density at radius 3 is 2.75 bits per heavy atom. The van der Waals surface area contributed by atoms with Gasteiger partial charge in [-0.05, 0) is 24.6 Å². The molecule has 0 radical (unpaired) electrons. The lowest BCUT2D eigenvalue weighted by atomic mass is 9.91. The summed E-state index contributed by atoms with van der Waals surface area (Å²) in [6, 6.07) is 4.61.